The highest BCUT2D eigenvalue weighted by Crippen LogP contribution is 2.19. The molecule has 0 spiro atoms. The number of hydrogen-bond acceptors (Lipinski definition) is 4. The summed E-state index contributed by atoms with van der Waals surface area (Å²) in [6.07, 6.45) is 1.63. The Hall–Kier alpha value is -2.82. The van der Waals surface area contributed by atoms with Crippen LogP contribution < -0.4 is 10.7 Å². The predicted molar refractivity (Wildman–Crippen MR) is 81.1 cm³/mol. The van der Waals surface area contributed by atoms with E-state index >= 15 is 0 Å². The fourth-order valence-electron chi connectivity index (χ4n) is 2.04. The van der Waals surface area contributed by atoms with Gasteiger partial charge in [0, 0.05) is 36.5 Å². The van der Waals surface area contributed by atoms with E-state index in [0.717, 1.165) is 22.6 Å². The molecule has 2 heterocycles. The molecule has 3 rings (SSSR count). The first-order valence-corrected chi connectivity index (χ1v) is 6.66. The number of nitrogens with one attached hydrogen (secondary N) is 2. The number of rotatable bonds is 4. The van der Waals surface area contributed by atoms with Gasteiger partial charge in [-0.15, -0.1) is 0 Å². The second-order valence-corrected chi connectivity index (χ2v) is 4.81. The number of aromatic nitrogens is 2. The molecule has 0 aliphatic carbocycles. The van der Waals surface area contributed by atoms with Gasteiger partial charge < -0.3 is 14.8 Å². The molecule has 2 aromatic heterocycles. The Morgan fingerprint density at radius 1 is 1.19 bits per heavy atom. The first-order valence-electron chi connectivity index (χ1n) is 6.66. The Labute approximate surface area is 121 Å². The molecule has 0 unspecified atom stereocenters. The lowest BCUT2D eigenvalue weighted by molar-refractivity contribution is 0.399. The summed E-state index contributed by atoms with van der Waals surface area (Å²) in [7, 11) is 0. The van der Waals surface area contributed by atoms with Crippen molar-refractivity contribution in [1.29, 1.82) is 0 Å². The summed E-state index contributed by atoms with van der Waals surface area (Å²) in [5.41, 5.74) is 2.94. The van der Waals surface area contributed by atoms with Crippen molar-refractivity contribution in [3.8, 4) is 11.3 Å². The van der Waals surface area contributed by atoms with E-state index in [0.29, 0.717) is 12.4 Å². The zero-order chi connectivity index (χ0) is 14.7. The summed E-state index contributed by atoms with van der Waals surface area (Å²) >= 11 is 0. The third kappa shape index (κ3) is 3.20. The molecule has 2 N–H and O–H groups in total. The Balaban J connectivity index is 1.68. The molecule has 0 saturated heterocycles. The number of benzene rings is 1. The van der Waals surface area contributed by atoms with Crippen LogP contribution in [0.25, 0.3) is 11.3 Å². The van der Waals surface area contributed by atoms with E-state index in [4.69, 9.17) is 4.52 Å². The summed E-state index contributed by atoms with van der Waals surface area (Å²) < 4.78 is 5.07. The number of anilines is 1. The Morgan fingerprint density at radius 2 is 2.00 bits per heavy atom. The van der Waals surface area contributed by atoms with Crippen LogP contribution in [0, 0.1) is 6.92 Å². The average molecular weight is 281 g/mol. The highest BCUT2D eigenvalue weighted by Gasteiger charge is 2.03. The molecule has 1 aromatic carbocycles. The fraction of sp³-hybridized carbons (Fsp3) is 0.125. The van der Waals surface area contributed by atoms with Crippen LogP contribution in [0.5, 0.6) is 0 Å². The normalized spacial score (nSPS) is 10.5. The molecule has 21 heavy (non-hydrogen) atoms. The monoisotopic (exact) mass is 281 g/mol. The summed E-state index contributed by atoms with van der Waals surface area (Å²) in [6.45, 7) is 2.51. The van der Waals surface area contributed by atoms with Gasteiger partial charge in [0.15, 0.2) is 5.43 Å². The maximum atomic E-state index is 11.2. The predicted octanol–water partition coefficient (Wildman–Crippen LogP) is 2.95. The van der Waals surface area contributed by atoms with E-state index in [1.165, 1.54) is 12.1 Å². The zero-order valence-corrected chi connectivity index (χ0v) is 11.6. The third-order valence-corrected chi connectivity index (χ3v) is 3.13. The largest absolute Gasteiger partial charge is 0.367 e. The van der Waals surface area contributed by atoms with Gasteiger partial charge in [0.1, 0.15) is 17.3 Å². The lowest BCUT2D eigenvalue weighted by atomic mass is 10.1. The highest BCUT2D eigenvalue weighted by atomic mass is 16.5. The number of nitrogens with zero attached hydrogens (tertiary/aromatic N) is 1. The standard InChI is InChI=1S/C16H15N3O2/c1-11-8-15(19-21-11)13-4-2-12(3-5-13)10-18-16-9-14(20)6-7-17-16/h2-9H,10H2,1H3,(H2,17,18,20). The molecule has 0 radical (unpaired) electrons. The summed E-state index contributed by atoms with van der Waals surface area (Å²) in [4.78, 5) is 14.2. The number of hydrogen-bond donors (Lipinski definition) is 2. The molecule has 0 fully saturated rings. The Kier molecular flexibility index (Phi) is 3.55. The molecule has 5 nitrogen and oxygen atoms in total. The lowest BCUT2D eigenvalue weighted by Gasteiger charge is -2.06. The maximum absolute atomic E-state index is 11.2. The van der Waals surface area contributed by atoms with Gasteiger partial charge in [-0.25, -0.2) is 0 Å². The third-order valence-electron chi connectivity index (χ3n) is 3.13. The zero-order valence-electron chi connectivity index (χ0n) is 11.6. The first kappa shape index (κ1) is 13.2. The SMILES string of the molecule is Cc1cc(-c2ccc(CNc3cc(=O)cc[nH]3)cc2)no1. The number of H-pyrrole nitrogens is 1. The summed E-state index contributed by atoms with van der Waals surface area (Å²) in [5, 5.41) is 7.16. The van der Waals surface area contributed by atoms with Gasteiger partial charge in [-0.3, -0.25) is 4.79 Å². The quantitative estimate of drug-likeness (QED) is 0.771. The van der Waals surface area contributed by atoms with Crippen molar-refractivity contribution < 1.29 is 4.52 Å². The number of pyridine rings is 1. The molecule has 0 bridgehead atoms. The molecular weight excluding hydrogens is 266 g/mol. The first-order chi connectivity index (χ1) is 10.2. The van der Waals surface area contributed by atoms with Gasteiger partial charge in [-0.1, -0.05) is 29.4 Å². The summed E-state index contributed by atoms with van der Waals surface area (Å²) in [6, 6.07) is 13.0. The topological polar surface area (TPSA) is 70.9 Å². The summed E-state index contributed by atoms with van der Waals surface area (Å²) in [5.74, 6) is 1.50. The van der Waals surface area contributed by atoms with Gasteiger partial charge in [0.25, 0.3) is 0 Å². The van der Waals surface area contributed by atoms with Crippen molar-refractivity contribution in [3.63, 3.8) is 0 Å². The van der Waals surface area contributed by atoms with E-state index in [-0.39, 0.29) is 5.43 Å². The van der Waals surface area contributed by atoms with E-state index < -0.39 is 0 Å². The van der Waals surface area contributed by atoms with Crippen LogP contribution >= 0.6 is 0 Å². The fourth-order valence-corrected chi connectivity index (χ4v) is 2.04. The Morgan fingerprint density at radius 3 is 2.67 bits per heavy atom. The minimum absolute atomic E-state index is 0.0204. The van der Waals surface area contributed by atoms with Crippen LogP contribution in [-0.4, -0.2) is 10.1 Å². The highest BCUT2D eigenvalue weighted by molar-refractivity contribution is 5.59. The molecule has 0 amide bonds. The molecule has 3 aromatic rings. The van der Waals surface area contributed by atoms with Crippen LogP contribution in [-0.2, 0) is 6.54 Å². The molecule has 5 heteroatoms. The molecule has 0 atom stereocenters. The van der Waals surface area contributed by atoms with Crippen LogP contribution in [0.2, 0.25) is 0 Å². The number of aryl methyl sites for hydroxylation is 1. The van der Waals surface area contributed by atoms with E-state index in [2.05, 4.69) is 15.5 Å². The van der Waals surface area contributed by atoms with Gasteiger partial charge in [-0.05, 0) is 12.5 Å². The lowest BCUT2D eigenvalue weighted by Crippen LogP contribution is -2.05. The van der Waals surface area contributed by atoms with E-state index in [9.17, 15) is 4.79 Å². The molecule has 106 valence electrons. The van der Waals surface area contributed by atoms with E-state index in [1.54, 1.807) is 6.20 Å². The van der Waals surface area contributed by atoms with Gasteiger partial charge in [0.2, 0.25) is 0 Å². The van der Waals surface area contributed by atoms with Crippen LogP contribution in [0.3, 0.4) is 0 Å². The van der Waals surface area contributed by atoms with Gasteiger partial charge >= 0.3 is 0 Å². The van der Waals surface area contributed by atoms with Crippen LogP contribution in [0.1, 0.15) is 11.3 Å². The van der Waals surface area contributed by atoms with Crippen molar-refractivity contribution in [3.05, 3.63) is 70.2 Å². The van der Waals surface area contributed by atoms with Crippen molar-refractivity contribution in [2.24, 2.45) is 0 Å². The Bertz CT molecular complexity index is 788. The van der Waals surface area contributed by atoms with Crippen molar-refractivity contribution >= 4 is 5.82 Å². The average Bonchev–Trinajstić information content (AvgIpc) is 2.92. The van der Waals surface area contributed by atoms with Gasteiger partial charge in [0.05, 0.1) is 0 Å². The molecule has 0 aliphatic rings. The van der Waals surface area contributed by atoms with Crippen LogP contribution in [0.4, 0.5) is 5.82 Å². The number of aromatic amines is 1. The maximum Gasteiger partial charge on any atom is 0.183 e. The second kappa shape index (κ2) is 5.66. The second-order valence-electron chi connectivity index (χ2n) is 4.81. The van der Waals surface area contributed by atoms with Crippen molar-refractivity contribution in [2.45, 2.75) is 13.5 Å². The molecular formula is C16H15N3O2. The minimum atomic E-state index is -0.0204. The van der Waals surface area contributed by atoms with Crippen molar-refractivity contribution in [2.75, 3.05) is 5.32 Å². The minimum Gasteiger partial charge on any atom is -0.367 e. The molecule has 0 aliphatic heterocycles. The van der Waals surface area contributed by atoms with E-state index in [1.807, 2.05) is 37.3 Å². The van der Waals surface area contributed by atoms with Crippen LogP contribution in [0.15, 0.2) is 58.0 Å². The van der Waals surface area contributed by atoms with Gasteiger partial charge in [-0.2, -0.15) is 0 Å². The molecule has 0 saturated carbocycles. The smallest absolute Gasteiger partial charge is 0.183 e. The van der Waals surface area contributed by atoms with Crippen molar-refractivity contribution in [1.82, 2.24) is 10.1 Å².